The number of amides is 1. The number of aliphatic imine (C=N–C) groups is 1. The van der Waals surface area contributed by atoms with Crippen molar-refractivity contribution in [2.24, 2.45) is 4.99 Å². The number of nitrogens with zero attached hydrogens (tertiary/aromatic N) is 1. The lowest BCUT2D eigenvalue weighted by Gasteiger charge is -2.00. The SMILES string of the molecule is O=C1C=Nc2ccccc2CN1. The highest BCUT2D eigenvalue weighted by molar-refractivity contribution is 6.27. The molecule has 3 heteroatoms. The number of carbonyl (C=O) groups excluding carboxylic acids is 1. The molecule has 12 heavy (non-hydrogen) atoms. The highest BCUT2D eigenvalue weighted by atomic mass is 16.1. The maximum Gasteiger partial charge on any atom is 0.262 e. The van der Waals surface area contributed by atoms with Crippen molar-refractivity contribution in [2.45, 2.75) is 6.54 Å². The zero-order valence-electron chi connectivity index (χ0n) is 6.45. The Kier molecular flexibility index (Phi) is 1.63. The van der Waals surface area contributed by atoms with E-state index >= 15 is 0 Å². The summed E-state index contributed by atoms with van der Waals surface area (Å²) in [7, 11) is 0. The lowest BCUT2D eigenvalue weighted by molar-refractivity contribution is -0.114. The van der Waals surface area contributed by atoms with E-state index in [4.69, 9.17) is 0 Å². The van der Waals surface area contributed by atoms with Gasteiger partial charge in [-0.15, -0.1) is 0 Å². The van der Waals surface area contributed by atoms with E-state index in [0.717, 1.165) is 11.3 Å². The Morgan fingerprint density at radius 1 is 1.33 bits per heavy atom. The van der Waals surface area contributed by atoms with E-state index in [1.54, 1.807) is 0 Å². The van der Waals surface area contributed by atoms with Crippen molar-refractivity contribution in [1.82, 2.24) is 5.32 Å². The first-order valence-corrected chi connectivity index (χ1v) is 3.76. The molecule has 1 amide bonds. The van der Waals surface area contributed by atoms with Gasteiger partial charge in [0.15, 0.2) is 0 Å². The van der Waals surface area contributed by atoms with Gasteiger partial charge in [0, 0.05) is 6.54 Å². The Labute approximate surface area is 70.1 Å². The highest BCUT2D eigenvalue weighted by Gasteiger charge is 2.05. The summed E-state index contributed by atoms with van der Waals surface area (Å²) in [4.78, 5) is 14.9. The number of fused-ring (bicyclic) bond motifs is 1. The van der Waals surface area contributed by atoms with Gasteiger partial charge in [-0.25, -0.2) is 0 Å². The smallest absolute Gasteiger partial charge is 0.262 e. The summed E-state index contributed by atoms with van der Waals surface area (Å²) >= 11 is 0. The summed E-state index contributed by atoms with van der Waals surface area (Å²) in [6.07, 6.45) is 1.31. The normalized spacial score (nSPS) is 14.8. The van der Waals surface area contributed by atoms with Crippen molar-refractivity contribution in [3.63, 3.8) is 0 Å². The molecule has 0 aliphatic carbocycles. The van der Waals surface area contributed by atoms with Crippen LogP contribution in [0.2, 0.25) is 0 Å². The Balaban J connectivity index is 2.45. The molecular formula is C9H8N2O. The summed E-state index contributed by atoms with van der Waals surface area (Å²) < 4.78 is 0. The molecule has 0 saturated heterocycles. The third kappa shape index (κ3) is 1.21. The molecule has 1 N–H and O–H groups in total. The molecule has 2 rings (SSSR count). The molecule has 0 aromatic heterocycles. The van der Waals surface area contributed by atoms with Gasteiger partial charge in [0.2, 0.25) is 0 Å². The first kappa shape index (κ1) is 7.03. The number of rotatable bonds is 0. The van der Waals surface area contributed by atoms with Crippen molar-refractivity contribution >= 4 is 17.8 Å². The molecule has 0 fully saturated rings. The van der Waals surface area contributed by atoms with Gasteiger partial charge in [0.05, 0.1) is 11.9 Å². The number of carbonyl (C=O) groups is 1. The second-order valence-electron chi connectivity index (χ2n) is 2.60. The summed E-state index contributed by atoms with van der Waals surface area (Å²) in [6.45, 7) is 0.564. The highest BCUT2D eigenvalue weighted by Crippen LogP contribution is 2.18. The van der Waals surface area contributed by atoms with Crippen LogP contribution in [0.25, 0.3) is 0 Å². The van der Waals surface area contributed by atoms with Crippen LogP contribution in [0.1, 0.15) is 5.56 Å². The first-order chi connectivity index (χ1) is 5.86. The molecule has 1 aromatic carbocycles. The average molecular weight is 160 g/mol. The summed E-state index contributed by atoms with van der Waals surface area (Å²) in [5.41, 5.74) is 1.93. The first-order valence-electron chi connectivity index (χ1n) is 3.76. The Morgan fingerprint density at radius 3 is 3.08 bits per heavy atom. The lowest BCUT2D eigenvalue weighted by Crippen LogP contribution is -2.21. The Bertz CT molecular complexity index is 344. The third-order valence-corrected chi connectivity index (χ3v) is 1.77. The predicted molar refractivity (Wildman–Crippen MR) is 46.4 cm³/mol. The predicted octanol–water partition coefficient (Wildman–Crippen LogP) is 1.02. The van der Waals surface area contributed by atoms with Crippen LogP contribution in [0.15, 0.2) is 29.3 Å². The number of hydrogen-bond acceptors (Lipinski definition) is 2. The van der Waals surface area contributed by atoms with E-state index in [1.807, 2.05) is 24.3 Å². The minimum absolute atomic E-state index is 0.133. The zero-order chi connectivity index (χ0) is 8.39. The van der Waals surface area contributed by atoms with Crippen molar-refractivity contribution in [3.05, 3.63) is 29.8 Å². The van der Waals surface area contributed by atoms with Crippen LogP contribution < -0.4 is 5.32 Å². The maximum absolute atomic E-state index is 10.9. The molecule has 0 saturated carbocycles. The van der Waals surface area contributed by atoms with Gasteiger partial charge in [0.25, 0.3) is 5.91 Å². The van der Waals surface area contributed by atoms with Crippen LogP contribution >= 0.6 is 0 Å². The van der Waals surface area contributed by atoms with Gasteiger partial charge in [0.1, 0.15) is 0 Å². The van der Waals surface area contributed by atoms with E-state index in [9.17, 15) is 4.79 Å². The number of hydrogen-bond donors (Lipinski definition) is 1. The zero-order valence-corrected chi connectivity index (χ0v) is 6.45. The van der Waals surface area contributed by atoms with Crippen LogP contribution in [-0.4, -0.2) is 12.1 Å². The number of nitrogens with one attached hydrogen (secondary N) is 1. The molecule has 0 radical (unpaired) electrons. The molecule has 0 atom stereocenters. The molecule has 1 aromatic rings. The van der Waals surface area contributed by atoms with E-state index in [-0.39, 0.29) is 5.91 Å². The second-order valence-corrected chi connectivity index (χ2v) is 2.60. The fraction of sp³-hybridized carbons (Fsp3) is 0.111. The van der Waals surface area contributed by atoms with Crippen LogP contribution in [0.3, 0.4) is 0 Å². The van der Waals surface area contributed by atoms with Gasteiger partial charge in [-0.2, -0.15) is 0 Å². The summed E-state index contributed by atoms with van der Waals surface area (Å²) in [5, 5.41) is 2.71. The molecule has 1 aliphatic rings. The van der Waals surface area contributed by atoms with Crippen LogP contribution in [-0.2, 0) is 11.3 Å². The van der Waals surface area contributed by atoms with Crippen LogP contribution in [0.5, 0.6) is 0 Å². The summed E-state index contributed by atoms with van der Waals surface area (Å²) in [5.74, 6) is -0.133. The van der Waals surface area contributed by atoms with E-state index < -0.39 is 0 Å². The fourth-order valence-corrected chi connectivity index (χ4v) is 1.14. The number of para-hydroxylation sites is 1. The largest absolute Gasteiger partial charge is 0.347 e. The molecule has 0 spiro atoms. The molecule has 0 unspecified atom stereocenters. The Hall–Kier alpha value is -1.64. The maximum atomic E-state index is 10.9. The molecule has 60 valence electrons. The van der Waals surface area contributed by atoms with Crippen molar-refractivity contribution in [1.29, 1.82) is 0 Å². The second kappa shape index (κ2) is 2.77. The topological polar surface area (TPSA) is 41.5 Å². The minimum atomic E-state index is -0.133. The quantitative estimate of drug-likeness (QED) is 0.604. The van der Waals surface area contributed by atoms with Gasteiger partial charge in [-0.05, 0) is 11.6 Å². The van der Waals surface area contributed by atoms with Crippen LogP contribution in [0.4, 0.5) is 5.69 Å². The standard InChI is InChI=1S/C9H8N2O/c12-9-6-10-8-4-2-1-3-7(8)5-11-9/h1-4,6H,5H2,(H,11,12). The van der Waals surface area contributed by atoms with E-state index in [1.165, 1.54) is 6.21 Å². The molecular weight excluding hydrogens is 152 g/mol. The summed E-state index contributed by atoms with van der Waals surface area (Å²) in [6, 6.07) is 7.70. The lowest BCUT2D eigenvalue weighted by atomic mass is 10.2. The van der Waals surface area contributed by atoms with Crippen molar-refractivity contribution in [2.75, 3.05) is 0 Å². The van der Waals surface area contributed by atoms with Crippen molar-refractivity contribution in [3.8, 4) is 0 Å². The molecule has 1 aliphatic heterocycles. The van der Waals surface area contributed by atoms with Gasteiger partial charge < -0.3 is 5.32 Å². The minimum Gasteiger partial charge on any atom is -0.347 e. The van der Waals surface area contributed by atoms with Gasteiger partial charge in [-0.3, -0.25) is 9.79 Å². The Morgan fingerprint density at radius 2 is 2.17 bits per heavy atom. The van der Waals surface area contributed by atoms with Crippen LogP contribution in [0, 0.1) is 0 Å². The monoisotopic (exact) mass is 160 g/mol. The number of benzene rings is 1. The fourth-order valence-electron chi connectivity index (χ4n) is 1.14. The molecule has 0 bridgehead atoms. The van der Waals surface area contributed by atoms with Crippen molar-refractivity contribution < 1.29 is 4.79 Å². The van der Waals surface area contributed by atoms with Gasteiger partial charge >= 0.3 is 0 Å². The van der Waals surface area contributed by atoms with E-state index in [2.05, 4.69) is 10.3 Å². The van der Waals surface area contributed by atoms with Gasteiger partial charge in [-0.1, -0.05) is 18.2 Å². The van der Waals surface area contributed by atoms with E-state index in [0.29, 0.717) is 6.54 Å². The molecule has 3 nitrogen and oxygen atoms in total. The molecule has 1 heterocycles. The third-order valence-electron chi connectivity index (χ3n) is 1.77. The average Bonchev–Trinajstić information content (AvgIpc) is 2.29.